The van der Waals surface area contributed by atoms with Gasteiger partial charge in [0.2, 0.25) is 6.08 Å². The average Bonchev–Trinajstić information content (AvgIpc) is 2.28. The molecule has 0 amide bonds. The number of hydrogen-bond acceptors (Lipinski definition) is 5. The van der Waals surface area contributed by atoms with Crippen LogP contribution in [0.4, 0.5) is 5.69 Å². The lowest BCUT2D eigenvalue weighted by Gasteiger charge is -2.20. The van der Waals surface area contributed by atoms with Gasteiger partial charge in [0, 0.05) is 11.6 Å². The van der Waals surface area contributed by atoms with Crippen LogP contribution in [0.25, 0.3) is 0 Å². The predicted octanol–water partition coefficient (Wildman–Crippen LogP) is 2.17. The van der Waals surface area contributed by atoms with E-state index in [1.54, 1.807) is 13.8 Å². The minimum absolute atomic E-state index is 0.0727. The Morgan fingerprint density at radius 2 is 2.12 bits per heavy atom. The summed E-state index contributed by atoms with van der Waals surface area (Å²) < 4.78 is 5.07. The fraction of sp³-hybridized carbons (Fsp3) is 0.364. The monoisotopic (exact) mass is 236 g/mol. The van der Waals surface area contributed by atoms with Crippen molar-refractivity contribution < 1.29 is 14.5 Å². The van der Waals surface area contributed by atoms with Crippen molar-refractivity contribution in [3.8, 4) is 5.75 Å². The molecule has 0 fully saturated rings. The number of nitrogens with zero attached hydrogens (tertiary/aromatic N) is 2. The number of hydrogen-bond donors (Lipinski definition) is 0. The van der Waals surface area contributed by atoms with Gasteiger partial charge in [-0.1, -0.05) is 0 Å². The molecule has 0 unspecified atom stereocenters. The van der Waals surface area contributed by atoms with Crippen LogP contribution in [0.5, 0.6) is 5.75 Å². The van der Waals surface area contributed by atoms with Crippen LogP contribution in [0.1, 0.15) is 19.4 Å². The smallest absolute Gasteiger partial charge is 0.273 e. The van der Waals surface area contributed by atoms with Gasteiger partial charge in [-0.3, -0.25) is 10.1 Å². The zero-order valence-corrected chi connectivity index (χ0v) is 9.76. The number of nitro benzene ring substituents is 1. The Balaban J connectivity index is 3.35. The Bertz CT molecular complexity index is 490. The van der Waals surface area contributed by atoms with E-state index in [0.29, 0.717) is 11.3 Å². The van der Waals surface area contributed by atoms with Crippen molar-refractivity contribution in [2.24, 2.45) is 4.99 Å². The van der Waals surface area contributed by atoms with Crippen molar-refractivity contribution in [2.45, 2.75) is 19.4 Å². The average molecular weight is 236 g/mol. The molecule has 1 aromatic rings. The third-order valence-corrected chi connectivity index (χ3v) is 2.38. The van der Waals surface area contributed by atoms with Crippen molar-refractivity contribution in [1.82, 2.24) is 0 Å². The summed E-state index contributed by atoms with van der Waals surface area (Å²) in [5.74, 6) is 0.322. The van der Waals surface area contributed by atoms with Gasteiger partial charge in [-0.2, -0.15) is 4.99 Å². The van der Waals surface area contributed by atoms with Gasteiger partial charge in [-0.15, -0.1) is 0 Å². The first-order valence-electron chi connectivity index (χ1n) is 4.84. The number of methoxy groups -OCH3 is 1. The van der Waals surface area contributed by atoms with Crippen LogP contribution < -0.4 is 4.74 Å². The van der Waals surface area contributed by atoms with E-state index in [9.17, 15) is 14.9 Å². The number of ether oxygens (including phenoxy) is 1. The summed E-state index contributed by atoms with van der Waals surface area (Å²) in [4.78, 5) is 24.1. The van der Waals surface area contributed by atoms with E-state index in [4.69, 9.17) is 4.74 Å². The molecule has 0 saturated carbocycles. The van der Waals surface area contributed by atoms with E-state index in [-0.39, 0.29) is 5.69 Å². The number of non-ortho nitro benzene ring substituents is 1. The molecular weight excluding hydrogens is 224 g/mol. The lowest BCUT2D eigenvalue weighted by molar-refractivity contribution is -0.384. The summed E-state index contributed by atoms with van der Waals surface area (Å²) in [6, 6.07) is 4.18. The van der Waals surface area contributed by atoms with E-state index in [2.05, 4.69) is 4.99 Å². The minimum atomic E-state index is -0.831. The second kappa shape index (κ2) is 4.76. The molecular formula is C11H12N2O4. The van der Waals surface area contributed by atoms with Crippen molar-refractivity contribution in [3.05, 3.63) is 33.9 Å². The molecule has 90 valence electrons. The van der Waals surface area contributed by atoms with Gasteiger partial charge in [0.1, 0.15) is 5.75 Å². The Morgan fingerprint density at radius 1 is 1.47 bits per heavy atom. The largest absolute Gasteiger partial charge is 0.496 e. The van der Waals surface area contributed by atoms with Gasteiger partial charge in [0.05, 0.1) is 23.6 Å². The molecule has 1 aromatic carbocycles. The lowest BCUT2D eigenvalue weighted by Crippen LogP contribution is -2.15. The quantitative estimate of drug-likeness (QED) is 0.347. The van der Waals surface area contributed by atoms with Crippen molar-refractivity contribution >= 4 is 11.8 Å². The minimum Gasteiger partial charge on any atom is -0.496 e. The van der Waals surface area contributed by atoms with E-state index in [1.165, 1.54) is 31.4 Å². The molecule has 0 spiro atoms. The van der Waals surface area contributed by atoms with Gasteiger partial charge >= 0.3 is 0 Å². The molecule has 0 saturated heterocycles. The Morgan fingerprint density at radius 3 is 2.59 bits per heavy atom. The third-order valence-electron chi connectivity index (χ3n) is 2.38. The van der Waals surface area contributed by atoms with Crippen molar-refractivity contribution in [1.29, 1.82) is 0 Å². The highest BCUT2D eigenvalue weighted by atomic mass is 16.6. The maximum atomic E-state index is 10.6. The number of carbonyl (C=O) groups excluding carboxylic acids is 1. The summed E-state index contributed by atoms with van der Waals surface area (Å²) in [6.45, 7) is 3.39. The lowest BCUT2D eigenvalue weighted by atomic mass is 9.94. The molecule has 0 radical (unpaired) electrons. The standard InChI is InChI=1S/C11H12N2O4/c1-11(2,12-7-14)9-5-4-8(13(15)16)6-10(9)17-3/h4-6H,1-3H3. The molecule has 6 nitrogen and oxygen atoms in total. The molecule has 0 atom stereocenters. The fourth-order valence-electron chi connectivity index (χ4n) is 1.47. The van der Waals surface area contributed by atoms with Crippen molar-refractivity contribution in [2.75, 3.05) is 7.11 Å². The van der Waals surface area contributed by atoms with E-state index >= 15 is 0 Å². The number of aliphatic imine (C=N–C) groups is 1. The highest BCUT2D eigenvalue weighted by Crippen LogP contribution is 2.34. The van der Waals surface area contributed by atoms with Crippen LogP contribution in [0.2, 0.25) is 0 Å². The Labute approximate surface area is 98.1 Å². The predicted molar refractivity (Wildman–Crippen MR) is 60.8 cm³/mol. The maximum Gasteiger partial charge on any atom is 0.273 e. The molecule has 0 aliphatic rings. The fourth-order valence-corrected chi connectivity index (χ4v) is 1.47. The number of rotatable bonds is 4. The first-order valence-corrected chi connectivity index (χ1v) is 4.84. The molecule has 0 heterocycles. The van der Waals surface area contributed by atoms with E-state index in [0.717, 1.165) is 0 Å². The molecule has 0 aliphatic heterocycles. The molecule has 0 N–H and O–H groups in total. The SMILES string of the molecule is COc1cc([N+](=O)[O-])ccc1C(C)(C)N=C=O. The van der Waals surface area contributed by atoms with Gasteiger partial charge in [0.15, 0.2) is 0 Å². The van der Waals surface area contributed by atoms with Crippen LogP contribution in [0.15, 0.2) is 23.2 Å². The summed E-state index contributed by atoms with van der Waals surface area (Å²) in [6.07, 6.45) is 1.48. The topological polar surface area (TPSA) is 81.8 Å². The summed E-state index contributed by atoms with van der Waals surface area (Å²) in [5, 5.41) is 10.6. The van der Waals surface area contributed by atoms with Crippen LogP contribution in [-0.2, 0) is 10.3 Å². The normalized spacial score (nSPS) is 10.5. The molecule has 1 rings (SSSR count). The molecule has 17 heavy (non-hydrogen) atoms. The first kappa shape index (κ1) is 12.9. The van der Waals surface area contributed by atoms with E-state index in [1.807, 2.05) is 0 Å². The van der Waals surface area contributed by atoms with Gasteiger partial charge < -0.3 is 4.74 Å². The Kier molecular flexibility index (Phi) is 3.60. The maximum absolute atomic E-state index is 10.6. The molecule has 0 aromatic heterocycles. The van der Waals surface area contributed by atoms with Crippen LogP contribution in [0.3, 0.4) is 0 Å². The molecule has 0 bridgehead atoms. The highest BCUT2D eigenvalue weighted by molar-refractivity contribution is 5.48. The number of nitro groups is 1. The summed E-state index contributed by atoms with van der Waals surface area (Å²) in [7, 11) is 1.41. The van der Waals surface area contributed by atoms with E-state index < -0.39 is 10.5 Å². The van der Waals surface area contributed by atoms with Crippen LogP contribution in [-0.4, -0.2) is 18.1 Å². The molecule has 6 heteroatoms. The van der Waals surface area contributed by atoms with Crippen LogP contribution in [0, 0.1) is 10.1 Å². The zero-order chi connectivity index (χ0) is 13.1. The molecule has 0 aliphatic carbocycles. The zero-order valence-electron chi connectivity index (χ0n) is 9.76. The van der Waals surface area contributed by atoms with Crippen molar-refractivity contribution in [3.63, 3.8) is 0 Å². The number of benzene rings is 1. The third kappa shape index (κ3) is 2.68. The Hall–Kier alpha value is -2.20. The second-order valence-electron chi connectivity index (χ2n) is 3.90. The highest BCUT2D eigenvalue weighted by Gasteiger charge is 2.25. The van der Waals surface area contributed by atoms with Crippen LogP contribution >= 0.6 is 0 Å². The van der Waals surface area contributed by atoms with Gasteiger partial charge in [-0.05, 0) is 19.9 Å². The second-order valence-corrected chi connectivity index (χ2v) is 3.90. The summed E-state index contributed by atoms with van der Waals surface area (Å²) in [5.41, 5.74) is -0.312. The van der Waals surface area contributed by atoms with Gasteiger partial charge in [0.25, 0.3) is 5.69 Å². The first-order chi connectivity index (χ1) is 7.92. The summed E-state index contributed by atoms with van der Waals surface area (Å²) >= 11 is 0. The van der Waals surface area contributed by atoms with Gasteiger partial charge in [-0.25, -0.2) is 4.79 Å². The number of isocyanates is 1.